The van der Waals surface area contributed by atoms with Gasteiger partial charge in [0.25, 0.3) is 5.91 Å². The van der Waals surface area contributed by atoms with Crippen LogP contribution in [-0.4, -0.2) is 21.1 Å². The highest BCUT2D eigenvalue weighted by Gasteiger charge is 2.11. The van der Waals surface area contributed by atoms with Crippen LogP contribution in [0.3, 0.4) is 0 Å². The summed E-state index contributed by atoms with van der Waals surface area (Å²) >= 11 is 0. The molecule has 1 heterocycles. The molecular weight excluding hydrogens is 228 g/mol. The topological polar surface area (TPSA) is 70.7 Å². The van der Waals surface area contributed by atoms with Gasteiger partial charge >= 0.3 is 0 Å². The Morgan fingerprint density at radius 1 is 1.39 bits per heavy atom. The van der Waals surface area contributed by atoms with Crippen LogP contribution in [0.15, 0.2) is 24.3 Å². The first-order valence-electron chi connectivity index (χ1n) is 5.86. The number of aromatic nitrogens is 3. The third-order valence-corrected chi connectivity index (χ3v) is 2.61. The number of nitrogens with zero attached hydrogens (tertiary/aromatic N) is 2. The first kappa shape index (κ1) is 12.3. The average Bonchev–Trinajstić information content (AvgIpc) is 2.76. The molecule has 0 atom stereocenters. The fraction of sp³-hybridized carbons (Fsp3) is 0.308. The highest BCUT2D eigenvalue weighted by molar-refractivity contribution is 6.01. The molecule has 0 aliphatic heterocycles. The van der Waals surface area contributed by atoms with Crippen molar-refractivity contribution in [1.29, 1.82) is 0 Å². The van der Waals surface area contributed by atoms with Crippen LogP contribution in [0.1, 0.15) is 41.8 Å². The number of aromatic amines is 1. The van der Waals surface area contributed by atoms with Crippen molar-refractivity contribution in [2.75, 3.05) is 5.32 Å². The fourth-order valence-electron chi connectivity index (χ4n) is 1.61. The highest BCUT2D eigenvalue weighted by Crippen LogP contribution is 2.18. The summed E-state index contributed by atoms with van der Waals surface area (Å²) in [6, 6.07) is 7.77. The third-order valence-electron chi connectivity index (χ3n) is 2.61. The minimum Gasteiger partial charge on any atom is -0.319 e. The predicted octanol–water partition coefficient (Wildman–Crippen LogP) is 2.49. The molecule has 0 aliphatic carbocycles. The second-order valence-corrected chi connectivity index (χ2v) is 4.48. The Morgan fingerprint density at radius 2 is 2.17 bits per heavy atom. The summed E-state index contributed by atoms with van der Waals surface area (Å²) in [7, 11) is 0. The lowest BCUT2D eigenvalue weighted by atomic mass is 10.0. The summed E-state index contributed by atoms with van der Waals surface area (Å²) in [5.74, 6) is 0.895. The van der Waals surface area contributed by atoms with Gasteiger partial charge < -0.3 is 5.32 Å². The monoisotopic (exact) mass is 244 g/mol. The van der Waals surface area contributed by atoms with Gasteiger partial charge in [-0.2, -0.15) is 0 Å². The third kappa shape index (κ3) is 2.74. The van der Waals surface area contributed by atoms with E-state index in [-0.39, 0.29) is 11.7 Å². The molecule has 1 amide bonds. The SMILES string of the molecule is Cc1nc(C(=O)Nc2cccc(C(C)C)c2)n[nH]1. The molecule has 0 radical (unpaired) electrons. The van der Waals surface area contributed by atoms with E-state index in [1.807, 2.05) is 24.3 Å². The number of H-pyrrole nitrogens is 1. The molecule has 94 valence electrons. The van der Waals surface area contributed by atoms with Gasteiger partial charge in [0.05, 0.1) is 0 Å². The smallest absolute Gasteiger partial charge is 0.295 e. The number of carbonyl (C=O) groups excluding carboxylic acids is 1. The van der Waals surface area contributed by atoms with Crippen molar-refractivity contribution in [3.05, 3.63) is 41.5 Å². The number of aryl methyl sites for hydroxylation is 1. The zero-order valence-electron chi connectivity index (χ0n) is 10.7. The molecular formula is C13H16N4O. The van der Waals surface area contributed by atoms with Crippen molar-refractivity contribution >= 4 is 11.6 Å². The van der Waals surface area contributed by atoms with Gasteiger partial charge in [0.1, 0.15) is 5.82 Å². The molecule has 1 aromatic carbocycles. The summed E-state index contributed by atoms with van der Waals surface area (Å²) in [5.41, 5.74) is 1.94. The van der Waals surface area contributed by atoms with E-state index < -0.39 is 0 Å². The van der Waals surface area contributed by atoms with E-state index in [9.17, 15) is 4.79 Å². The number of anilines is 1. The second kappa shape index (κ2) is 5.00. The van der Waals surface area contributed by atoms with E-state index in [4.69, 9.17) is 0 Å². The van der Waals surface area contributed by atoms with Gasteiger partial charge in [0, 0.05) is 5.69 Å². The summed E-state index contributed by atoms with van der Waals surface area (Å²) in [6.45, 7) is 5.97. The van der Waals surface area contributed by atoms with Crippen molar-refractivity contribution in [2.45, 2.75) is 26.7 Å². The normalized spacial score (nSPS) is 10.7. The van der Waals surface area contributed by atoms with Gasteiger partial charge in [-0.1, -0.05) is 26.0 Å². The van der Waals surface area contributed by atoms with Crippen molar-refractivity contribution in [2.24, 2.45) is 0 Å². The van der Waals surface area contributed by atoms with Crippen molar-refractivity contribution in [3.63, 3.8) is 0 Å². The highest BCUT2D eigenvalue weighted by atomic mass is 16.2. The van der Waals surface area contributed by atoms with Gasteiger partial charge in [-0.05, 0) is 30.5 Å². The molecule has 0 bridgehead atoms. The van der Waals surface area contributed by atoms with Crippen molar-refractivity contribution in [3.8, 4) is 0 Å². The van der Waals surface area contributed by atoms with Gasteiger partial charge in [-0.15, -0.1) is 5.10 Å². The van der Waals surface area contributed by atoms with Crippen LogP contribution in [-0.2, 0) is 0 Å². The Morgan fingerprint density at radius 3 is 2.78 bits per heavy atom. The molecule has 2 rings (SSSR count). The molecule has 0 fully saturated rings. The first-order valence-corrected chi connectivity index (χ1v) is 5.86. The summed E-state index contributed by atoms with van der Waals surface area (Å²) in [4.78, 5) is 15.8. The van der Waals surface area contributed by atoms with Crippen LogP contribution in [0.4, 0.5) is 5.69 Å². The molecule has 18 heavy (non-hydrogen) atoms. The van der Waals surface area contributed by atoms with E-state index in [0.717, 1.165) is 5.69 Å². The lowest BCUT2D eigenvalue weighted by Crippen LogP contribution is -2.14. The summed E-state index contributed by atoms with van der Waals surface area (Å²) < 4.78 is 0. The van der Waals surface area contributed by atoms with Crippen LogP contribution in [0.2, 0.25) is 0 Å². The number of hydrogen-bond donors (Lipinski definition) is 2. The van der Waals surface area contributed by atoms with E-state index in [2.05, 4.69) is 34.3 Å². The number of rotatable bonds is 3. The van der Waals surface area contributed by atoms with Crippen LogP contribution in [0.25, 0.3) is 0 Å². The van der Waals surface area contributed by atoms with Crippen LogP contribution >= 0.6 is 0 Å². The summed E-state index contributed by atoms with van der Waals surface area (Å²) in [5, 5.41) is 9.25. The number of hydrogen-bond acceptors (Lipinski definition) is 3. The van der Waals surface area contributed by atoms with Gasteiger partial charge in [-0.3, -0.25) is 9.89 Å². The zero-order chi connectivity index (χ0) is 13.1. The van der Waals surface area contributed by atoms with Gasteiger partial charge in [-0.25, -0.2) is 4.98 Å². The molecule has 0 aliphatic rings. The van der Waals surface area contributed by atoms with Crippen LogP contribution in [0, 0.1) is 6.92 Å². The average molecular weight is 244 g/mol. The maximum absolute atomic E-state index is 11.9. The summed E-state index contributed by atoms with van der Waals surface area (Å²) in [6.07, 6.45) is 0. The number of nitrogens with one attached hydrogen (secondary N) is 2. The largest absolute Gasteiger partial charge is 0.319 e. The van der Waals surface area contributed by atoms with Crippen molar-refractivity contribution < 1.29 is 4.79 Å². The van der Waals surface area contributed by atoms with Crippen LogP contribution in [0.5, 0.6) is 0 Å². The maximum Gasteiger partial charge on any atom is 0.295 e. The Bertz CT molecular complexity index is 560. The van der Waals surface area contributed by atoms with E-state index in [0.29, 0.717) is 11.7 Å². The zero-order valence-corrected chi connectivity index (χ0v) is 10.7. The molecule has 0 saturated carbocycles. The second-order valence-electron chi connectivity index (χ2n) is 4.48. The van der Waals surface area contributed by atoms with Crippen LogP contribution < -0.4 is 5.32 Å². The number of amides is 1. The van der Waals surface area contributed by atoms with Gasteiger partial charge in [0.15, 0.2) is 0 Å². The minimum atomic E-state index is -0.305. The Kier molecular flexibility index (Phi) is 3.41. The standard InChI is InChI=1S/C13H16N4O/c1-8(2)10-5-4-6-11(7-10)15-13(18)12-14-9(3)16-17-12/h4-8H,1-3H3,(H,15,18)(H,14,16,17). The first-order chi connectivity index (χ1) is 8.56. The molecule has 1 aromatic heterocycles. The van der Waals surface area contributed by atoms with Crippen molar-refractivity contribution in [1.82, 2.24) is 15.2 Å². The molecule has 5 heteroatoms. The number of carbonyl (C=O) groups is 1. The minimum absolute atomic E-state index is 0.155. The lowest BCUT2D eigenvalue weighted by molar-refractivity contribution is 0.101. The van der Waals surface area contributed by atoms with E-state index in [1.165, 1.54) is 5.56 Å². The maximum atomic E-state index is 11.9. The molecule has 0 saturated heterocycles. The molecule has 2 N–H and O–H groups in total. The quantitative estimate of drug-likeness (QED) is 0.871. The predicted molar refractivity (Wildman–Crippen MR) is 69.6 cm³/mol. The molecule has 5 nitrogen and oxygen atoms in total. The fourth-order valence-corrected chi connectivity index (χ4v) is 1.61. The van der Waals surface area contributed by atoms with Gasteiger partial charge in [0.2, 0.25) is 5.82 Å². The lowest BCUT2D eigenvalue weighted by Gasteiger charge is -2.08. The Labute approximate surface area is 106 Å². The molecule has 0 unspecified atom stereocenters. The molecule has 0 spiro atoms. The number of benzene rings is 1. The Balaban J connectivity index is 2.14. The molecule has 2 aromatic rings. The van der Waals surface area contributed by atoms with E-state index in [1.54, 1.807) is 6.92 Å². The van der Waals surface area contributed by atoms with E-state index >= 15 is 0 Å². The Hall–Kier alpha value is -2.17.